The average molecular weight is 552 g/mol. The highest BCUT2D eigenvalue weighted by Crippen LogP contribution is 2.57. The van der Waals surface area contributed by atoms with E-state index in [0.717, 1.165) is 0 Å². The Morgan fingerprint density at radius 3 is 1.03 bits per heavy atom. The Morgan fingerprint density at radius 1 is 0.576 bits per heavy atom. The molecule has 0 aliphatic carbocycles. The van der Waals surface area contributed by atoms with Gasteiger partial charge in [0.15, 0.2) is 0 Å². The number of hydrogen-bond acceptors (Lipinski definition) is 8. The molecule has 33 heavy (non-hydrogen) atoms. The number of rotatable bonds is 12. The number of alkyl halides is 10. The predicted octanol–water partition coefficient (Wildman–Crippen LogP) is -0.514. The fraction of sp³-hybridized carbons (Fsp3) is 0.818. The van der Waals surface area contributed by atoms with E-state index in [1.165, 1.54) is 0 Å². The van der Waals surface area contributed by atoms with Gasteiger partial charge in [0.1, 0.15) is 0 Å². The molecule has 2 N–H and O–H groups in total. The van der Waals surface area contributed by atoms with Gasteiger partial charge in [-0.1, -0.05) is 0 Å². The van der Waals surface area contributed by atoms with Crippen molar-refractivity contribution < 1.29 is 79.4 Å². The lowest BCUT2D eigenvalue weighted by Gasteiger charge is -2.38. The average Bonchev–Trinajstić information content (AvgIpc) is 2.58. The van der Waals surface area contributed by atoms with E-state index in [9.17, 15) is 79.4 Å². The van der Waals surface area contributed by atoms with E-state index in [4.69, 9.17) is 0 Å². The maximum atomic E-state index is 13.6. The third-order valence-corrected chi connectivity index (χ3v) is 4.83. The zero-order valence-electron chi connectivity index (χ0n) is 15.2. The van der Waals surface area contributed by atoms with Crippen molar-refractivity contribution in [2.75, 3.05) is 24.6 Å². The molecule has 0 unspecified atom stereocenters. The van der Waals surface area contributed by atoms with Gasteiger partial charge in [-0.2, -0.15) is 43.9 Å². The first-order valence-electron chi connectivity index (χ1n) is 7.58. The van der Waals surface area contributed by atoms with Crippen molar-refractivity contribution in [3.63, 3.8) is 0 Å². The second kappa shape index (κ2) is 9.37. The van der Waals surface area contributed by atoms with E-state index >= 15 is 0 Å². The second-order valence-electron chi connectivity index (χ2n) is 5.91. The molecule has 10 nitrogen and oxygen atoms in total. The molecule has 22 heteroatoms. The maximum absolute atomic E-state index is 13.6. The van der Waals surface area contributed by atoms with Crippen molar-refractivity contribution in [1.82, 2.24) is 10.6 Å². The van der Waals surface area contributed by atoms with Gasteiger partial charge in [-0.25, -0.2) is 16.8 Å². The van der Waals surface area contributed by atoms with E-state index in [-0.39, 0.29) is 0 Å². The Kier molecular flexibility index (Phi) is 8.82. The van der Waals surface area contributed by atoms with E-state index in [0.29, 0.717) is 10.6 Å². The van der Waals surface area contributed by atoms with Gasteiger partial charge in [0, 0.05) is 13.1 Å². The summed E-state index contributed by atoms with van der Waals surface area (Å²) >= 11 is 0. The normalized spacial score (nSPS) is 14.7. The number of carbonyl (C=O) groups excluding carboxylic acids is 2. The van der Waals surface area contributed by atoms with Crippen LogP contribution in [0.15, 0.2) is 0 Å². The number of carbonyl (C=O) groups is 2. The smallest absolute Gasteiger partial charge is 0.392 e. The van der Waals surface area contributed by atoms with Crippen LogP contribution in [0.1, 0.15) is 0 Å². The molecule has 0 rings (SSSR count). The van der Waals surface area contributed by atoms with Gasteiger partial charge >= 0.3 is 29.6 Å². The first-order chi connectivity index (χ1) is 14.3. The monoisotopic (exact) mass is 552 g/mol. The molecule has 0 aliphatic heterocycles. The molecule has 0 aliphatic rings. The van der Waals surface area contributed by atoms with Crippen LogP contribution in [0.5, 0.6) is 0 Å². The summed E-state index contributed by atoms with van der Waals surface area (Å²) in [6, 6.07) is 0. The minimum atomic E-state index is -7.86. The summed E-state index contributed by atoms with van der Waals surface area (Å²) in [4.78, 5) is 22.0. The van der Waals surface area contributed by atoms with Gasteiger partial charge in [0.25, 0.3) is 11.8 Å². The highest BCUT2D eigenvalue weighted by atomic mass is 32.2. The maximum Gasteiger partial charge on any atom is 0.392 e. The highest BCUT2D eigenvalue weighted by molar-refractivity contribution is 7.85. The molecule has 0 fully saturated rings. The molecule has 0 radical (unpaired) electrons. The Balaban J connectivity index is 5.92. The van der Waals surface area contributed by atoms with Gasteiger partial charge in [0.05, 0.1) is 31.7 Å². The van der Waals surface area contributed by atoms with Crippen LogP contribution in [0.4, 0.5) is 43.9 Å². The standard InChI is InChI=1S/C11H12F10N2O8S2/c12-7(13,5(24)22-1-3-32(26,27)28)9(16,17)11(20,21)10(18,19)8(14,15)6(25)23-2-4-33(29,30)31/h1-4H2,(H,22,24)(H,23,25)(H,26,27,28)(H,29,30,31)/p-2. The van der Waals surface area contributed by atoms with Crippen LogP contribution in [0, 0.1) is 0 Å². The van der Waals surface area contributed by atoms with Crippen molar-refractivity contribution in [2.45, 2.75) is 29.6 Å². The molecule has 0 spiro atoms. The van der Waals surface area contributed by atoms with Crippen LogP contribution in [-0.2, 0) is 29.8 Å². The highest BCUT2D eigenvalue weighted by Gasteiger charge is 2.88. The van der Waals surface area contributed by atoms with Crippen molar-refractivity contribution in [2.24, 2.45) is 0 Å². The fourth-order valence-corrected chi connectivity index (χ4v) is 2.38. The van der Waals surface area contributed by atoms with E-state index in [1.807, 2.05) is 0 Å². The molecule has 0 bridgehead atoms. The lowest BCUT2D eigenvalue weighted by atomic mass is 9.93. The molecule has 2 amide bonds. The summed E-state index contributed by atoms with van der Waals surface area (Å²) in [6.07, 6.45) is 0. The summed E-state index contributed by atoms with van der Waals surface area (Å²) in [6.45, 7) is -3.39. The van der Waals surface area contributed by atoms with Crippen molar-refractivity contribution in [1.29, 1.82) is 0 Å². The Hall–Kier alpha value is -1.94. The van der Waals surface area contributed by atoms with E-state index < -0.39 is 86.3 Å². The zero-order valence-corrected chi connectivity index (χ0v) is 16.8. The molecule has 0 aromatic carbocycles. The third-order valence-electron chi connectivity index (χ3n) is 3.42. The van der Waals surface area contributed by atoms with Crippen molar-refractivity contribution >= 4 is 32.1 Å². The summed E-state index contributed by atoms with van der Waals surface area (Å²) < 4.78 is 197. The van der Waals surface area contributed by atoms with E-state index in [2.05, 4.69) is 0 Å². The quantitative estimate of drug-likeness (QED) is 0.241. The summed E-state index contributed by atoms with van der Waals surface area (Å²) in [5, 5.41) is 1.07. The number of amides is 2. The molecule has 0 saturated carbocycles. The lowest BCUT2D eigenvalue weighted by molar-refractivity contribution is -0.387. The molecule has 0 aromatic heterocycles. The molecule has 0 atom stereocenters. The number of nitrogens with one attached hydrogen (secondary N) is 2. The number of hydrogen-bond donors (Lipinski definition) is 2. The summed E-state index contributed by atoms with van der Waals surface area (Å²) in [5.74, 6) is -47.7. The van der Waals surface area contributed by atoms with Crippen LogP contribution in [0.25, 0.3) is 0 Å². The van der Waals surface area contributed by atoms with Gasteiger partial charge in [-0.3, -0.25) is 9.59 Å². The van der Waals surface area contributed by atoms with Crippen LogP contribution in [0.2, 0.25) is 0 Å². The first kappa shape index (κ1) is 31.1. The Morgan fingerprint density at radius 2 is 0.818 bits per heavy atom. The second-order valence-corrected chi connectivity index (χ2v) is 8.95. The molecule has 0 aromatic rings. The van der Waals surface area contributed by atoms with Gasteiger partial charge in [-0.05, 0) is 0 Å². The summed E-state index contributed by atoms with van der Waals surface area (Å²) in [5.41, 5.74) is 0. The van der Waals surface area contributed by atoms with Gasteiger partial charge in [0.2, 0.25) is 0 Å². The topological polar surface area (TPSA) is 173 Å². The van der Waals surface area contributed by atoms with Crippen LogP contribution in [-0.4, -0.2) is 92.0 Å². The van der Waals surface area contributed by atoms with E-state index in [1.54, 1.807) is 0 Å². The van der Waals surface area contributed by atoms with Crippen LogP contribution < -0.4 is 10.6 Å². The fourth-order valence-electron chi connectivity index (χ4n) is 1.68. The molecular formula is C11H10F10N2O8S2-2. The molecule has 0 heterocycles. The lowest BCUT2D eigenvalue weighted by Crippen LogP contribution is -2.71. The van der Waals surface area contributed by atoms with Gasteiger partial charge in [-0.15, -0.1) is 0 Å². The minimum Gasteiger partial charge on any atom is -0.748 e. The zero-order chi connectivity index (χ0) is 26.9. The third kappa shape index (κ3) is 6.56. The van der Waals surface area contributed by atoms with Crippen molar-refractivity contribution in [3.8, 4) is 0 Å². The van der Waals surface area contributed by atoms with Crippen molar-refractivity contribution in [3.05, 3.63) is 0 Å². The Bertz CT molecular complexity index is 892. The molecule has 0 saturated heterocycles. The SMILES string of the molecule is O=C(NCCS(=O)(=O)[O-])C(F)(F)C(F)(F)C(F)(F)C(F)(F)C(F)(F)C(=O)NCCS(=O)(=O)[O-]. The number of halogens is 10. The Labute approximate surface area is 177 Å². The largest absolute Gasteiger partial charge is 0.748 e. The summed E-state index contributed by atoms with van der Waals surface area (Å²) in [7, 11) is -10.5. The van der Waals surface area contributed by atoms with Crippen LogP contribution in [0.3, 0.4) is 0 Å². The molecule has 196 valence electrons. The van der Waals surface area contributed by atoms with Gasteiger partial charge < -0.3 is 19.7 Å². The van der Waals surface area contributed by atoms with Crippen LogP contribution >= 0.6 is 0 Å². The minimum absolute atomic E-state index is 0.533. The first-order valence-corrected chi connectivity index (χ1v) is 10.7. The predicted molar refractivity (Wildman–Crippen MR) is 79.9 cm³/mol. The molecular weight excluding hydrogens is 542 g/mol.